The number of amides is 1. The number of hydrazine groups is 1. The van der Waals surface area contributed by atoms with Crippen LogP contribution in [-0.2, 0) is 0 Å². The zero-order valence-corrected chi connectivity index (χ0v) is 15.6. The summed E-state index contributed by atoms with van der Waals surface area (Å²) in [6.45, 7) is 5.89. The SMILES string of the molecule is COc1cc(Br)cc2cc(C(=O)NNC(=S)NC(C)(C)C)oc12. The van der Waals surface area contributed by atoms with E-state index in [1.807, 2.05) is 26.8 Å². The van der Waals surface area contributed by atoms with Crippen molar-refractivity contribution in [2.24, 2.45) is 0 Å². The molecule has 0 atom stereocenters. The fourth-order valence-corrected chi connectivity index (χ4v) is 2.71. The summed E-state index contributed by atoms with van der Waals surface area (Å²) in [6, 6.07) is 5.26. The zero-order valence-electron chi connectivity index (χ0n) is 13.2. The predicted molar refractivity (Wildman–Crippen MR) is 96.6 cm³/mol. The number of ether oxygens (including phenoxy) is 1. The van der Waals surface area contributed by atoms with Gasteiger partial charge in [0, 0.05) is 15.4 Å². The second kappa shape index (κ2) is 6.76. The van der Waals surface area contributed by atoms with E-state index in [0.717, 1.165) is 9.86 Å². The Morgan fingerprint density at radius 2 is 1.96 bits per heavy atom. The van der Waals surface area contributed by atoms with Crippen LogP contribution in [0.4, 0.5) is 0 Å². The number of carbonyl (C=O) groups excluding carboxylic acids is 1. The van der Waals surface area contributed by atoms with Gasteiger partial charge in [-0.3, -0.25) is 15.6 Å². The van der Waals surface area contributed by atoms with Crippen LogP contribution in [0.5, 0.6) is 5.75 Å². The molecule has 2 aromatic rings. The third kappa shape index (κ3) is 4.59. The molecule has 0 saturated carbocycles. The van der Waals surface area contributed by atoms with E-state index in [4.69, 9.17) is 21.4 Å². The van der Waals surface area contributed by atoms with Gasteiger partial charge in [-0.05, 0) is 51.2 Å². The average Bonchev–Trinajstić information content (AvgIpc) is 2.85. The Labute approximate surface area is 148 Å². The molecule has 2 rings (SSSR count). The summed E-state index contributed by atoms with van der Waals surface area (Å²) in [6.07, 6.45) is 0. The zero-order chi connectivity index (χ0) is 17.2. The molecule has 0 spiro atoms. The van der Waals surface area contributed by atoms with Crippen molar-refractivity contribution < 1.29 is 13.9 Å². The molecule has 0 saturated heterocycles. The number of carbonyl (C=O) groups is 1. The number of furan rings is 1. The number of thiocarbonyl (C=S) groups is 1. The van der Waals surface area contributed by atoms with E-state index in [9.17, 15) is 4.79 Å². The summed E-state index contributed by atoms with van der Waals surface area (Å²) >= 11 is 8.49. The fraction of sp³-hybridized carbons (Fsp3) is 0.333. The summed E-state index contributed by atoms with van der Waals surface area (Å²) in [4.78, 5) is 12.2. The molecular formula is C15H18BrN3O3S. The van der Waals surface area contributed by atoms with E-state index in [1.165, 1.54) is 0 Å². The molecule has 1 aromatic carbocycles. The maximum absolute atomic E-state index is 12.2. The molecule has 1 heterocycles. The lowest BCUT2D eigenvalue weighted by atomic mass is 10.1. The Morgan fingerprint density at radius 3 is 2.57 bits per heavy atom. The molecular weight excluding hydrogens is 382 g/mol. The number of methoxy groups -OCH3 is 1. The second-order valence-electron chi connectivity index (χ2n) is 5.92. The lowest BCUT2D eigenvalue weighted by Gasteiger charge is -2.22. The summed E-state index contributed by atoms with van der Waals surface area (Å²) in [5.41, 5.74) is 5.45. The molecule has 124 valence electrons. The first-order chi connectivity index (χ1) is 10.7. The summed E-state index contributed by atoms with van der Waals surface area (Å²) in [5, 5.41) is 4.11. The number of rotatable bonds is 2. The van der Waals surface area contributed by atoms with Gasteiger partial charge in [-0.2, -0.15) is 0 Å². The monoisotopic (exact) mass is 399 g/mol. The molecule has 6 nitrogen and oxygen atoms in total. The third-order valence-electron chi connectivity index (χ3n) is 2.77. The molecule has 3 N–H and O–H groups in total. The number of hydrogen-bond donors (Lipinski definition) is 3. The van der Waals surface area contributed by atoms with Gasteiger partial charge in [-0.1, -0.05) is 15.9 Å². The maximum atomic E-state index is 12.2. The Hall–Kier alpha value is -1.80. The van der Waals surface area contributed by atoms with Crippen LogP contribution in [0.1, 0.15) is 31.3 Å². The van der Waals surface area contributed by atoms with Gasteiger partial charge in [0.1, 0.15) is 0 Å². The minimum absolute atomic E-state index is 0.155. The van der Waals surface area contributed by atoms with Gasteiger partial charge in [0.15, 0.2) is 22.2 Å². The molecule has 0 fully saturated rings. The van der Waals surface area contributed by atoms with Gasteiger partial charge in [0.25, 0.3) is 0 Å². The second-order valence-corrected chi connectivity index (χ2v) is 7.24. The quantitative estimate of drug-likeness (QED) is 0.532. The van der Waals surface area contributed by atoms with Crippen LogP contribution in [0.15, 0.2) is 27.1 Å². The van der Waals surface area contributed by atoms with Crippen LogP contribution in [0.3, 0.4) is 0 Å². The number of hydrogen-bond acceptors (Lipinski definition) is 4. The molecule has 0 aliphatic heterocycles. The van der Waals surface area contributed by atoms with E-state index >= 15 is 0 Å². The van der Waals surface area contributed by atoms with Crippen LogP contribution >= 0.6 is 28.1 Å². The number of fused-ring (bicyclic) bond motifs is 1. The lowest BCUT2D eigenvalue weighted by molar-refractivity contribution is 0.0917. The topological polar surface area (TPSA) is 75.5 Å². The molecule has 1 amide bonds. The van der Waals surface area contributed by atoms with Crippen LogP contribution in [0.25, 0.3) is 11.0 Å². The standard InChI is InChI=1S/C15H18BrN3O3S/c1-15(2,3)17-14(23)19-18-13(20)11-6-8-5-9(16)7-10(21-4)12(8)22-11/h5-7H,1-4H3,(H,18,20)(H2,17,19,23). The maximum Gasteiger partial charge on any atom is 0.305 e. The van der Waals surface area contributed by atoms with Crippen molar-refractivity contribution in [3.63, 3.8) is 0 Å². The first-order valence-corrected chi connectivity index (χ1v) is 8.05. The van der Waals surface area contributed by atoms with E-state index < -0.39 is 5.91 Å². The van der Waals surface area contributed by atoms with Crippen molar-refractivity contribution in [2.45, 2.75) is 26.3 Å². The van der Waals surface area contributed by atoms with E-state index in [1.54, 1.807) is 19.2 Å². The molecule has 1 aromatic heterocycles. The molecule has 0 aliphatic carbocycles. The highest BCUT2D eigenvalue weighted by Crippen LogP contribution is 2.32. The Morgan fingerprint density at radius 1 is 1.26 bits per heavy atom. The summed E-state index contributed by atoms with van der Waals surface area (Å²) in [7, 11) is 1.54. The van der Waals surface area contributed by atoms with Crippen molar-refractivity contribution >= 4 is 50.1 Å². The van der Waals surface area contributed by atoms with E-state index in [-0.39, 0.29) is 11.3 Å². The lowest BCUT2D eigenvalue weighted by Crippen LogP contribution is -2.52. The number of benzene rings is 1. The normalized spacial score (nSPS) is 11.2. The minimum Gasteiger partial charge on any atom is -0.493 e. The molecule has 0 bridgehead atoms. The Bertz CT molecular complexity index is 752. The van der Waals surface area contributed by atoms with E-state index in [0.29, 0.717) is 16.4 Å². The van der Waals surface area contributed by atoms with Crippen LogP contribution in [-0.4, -0.2) is 23.7 Å². The number of nitrogens with one attached hydrogen (secondary N) is 3. The van der Waals surface area contributed by atoms with Gasteiger partial charge in [0.05, 0.1) is 7.11 Å². The van der Waals surface area contributed by atoms with Crippen molar-refractivity contribution in [3.05, 3.63) is 28.4 Å². The fourth-order valence-electron chi connectivity index (χ4n) is 1.90. The van der Waals surface area contributed by atoms with Crippen LogP contribution in [0, 0.1) is 0 Å². The van der Waals surface area contributed by atoms with Gasteiger partial charge in [0.2, 0.25) is 0 Å². The molecule has 0 unspecified atom stereocenters. The third-order valence-corrected chi connectivity index (χ3v) is 3.43. The van der Waals surface area contributed by atoms with Gasteiger partial charge in [-0.15, -0.1) is 0 Å². The number of halogens is 1. The van der Waals surface area contributed by atoms with Gasteiger partial charge >= 0.3 is 5.91 Å². The largest absolute Gasteiger partial charge is 0.493 e. The summed E-state index contributed by atoms with van der Waals surface area (Å²) < 4.78 is 11.7. The predicted octanol–water partition coefficient (Wildman–Crippen LogP) is 3.11. The first-order valence-electron chi connectivity index (χ1n) is 6.85. The molecule has 0 radical (unpaired) electrons. The highest BCUT2D eigenvalue weighted by Gasteiger charge is 2.17. The smallest absolute Gasteiger partial charge is 0.305 e. The molecule has 0 aliphatic rings. The first kappa shape index (κ1) is 17.6. The average molecular weight is 400 g/mol. The summed E-state index contributed by atoms with van der Waals surface area (Å²) in [5.74, 6) is 0.270. The molecule has 23 heavy (non-hydrogen) atoms. The Balaban J connectivity index is 2.11. The van der Waals surface area contributed by atoms with Gasteiger partial charge < -0.3 is 14.5 Å². The van der Waals surface area contributed by atoms with Crippen molar-refractivity contribution in [1.82, 2.24) is 16.2 Å². The van der Waals surface area contributed by atoms with Crippen LogP contribution in [0.2, 0.25) is 0 Å². The molecule has 8 heteroatoms. The van der Waals surface area contributed by atoms with Gasteiger partial charge in [-0.25, -0.2) is 0 Å². The highest BCUT2D eigenvalue weighted by atomic mass is 79.9. The van der Waals surface area contributed by atoms with Crippen molar-refractivity contribution in [2.75, 3.05) is 7.11 Å². The van der Waals surface area contributed by atoms with Crippen molar-refractivity contribution in [1.29, 1.82) is 0 Å². The van der Waals surface area contributed by atoms with Crippen molar-refractivity contribution in [3.8, 4) is 5.75 Å². The highest BCUT2D eigenvalue weighted by molar-refractivity contribution is 9.10. The Kier molecular flexibility index (Phi) is 5.16. The minimum atomic E-state index is -0.433. The van der Waals surface area contributed by atoms with E-state index in [2.05, 4.69) is 32.1 Å². The van der Waals surface area contributed by atoms with Crippen LogP contribution < -0.4 is 20.9 Å².